The molecular formula is C53H50ClN5O7S2. The molecule has 1 aromatic heterocycles. The molecule has 3 heterocycles. The van der Waals surface area contributed by atoms with Gasteiger partial charge < -0.3 is 24.9 Å². The average molecular weight is 969 g/mol. The maximum Gasteiger partial charge on any atom is 0.356 e. The first-order valence-corrected chi connectivity index (χ1v) is 24.4. The van der Waals surface area contributed by atoms with Crippen molar-refractivity contribution < 1.29 is 33.5 Å². The van der Waals surface area contributed by atoms with Crippen LogP contribution >= 0.6 is 34.7 Å². The van der Waals surface area contributed by atoms with Crippen molar-refractivity contribution in [3.8, 4) is 0 Å². The number of carbonyl (C=O) groups is 4. The molecule has 2 atom stereocenters. The van der Waals surface area contributed by atoms with Crippen LogP contribution in [0.25, 0.3) is 0 Å². The second kappa shape index (κ2) is 20.2. The molecule has 12 nitrogen and oxygen atoms in total. The molecule has 0 radical (unpaired) electrons. The lowest BCUT2D eigenvalue weighted by Gasteiger charge is -2.49. The van der Waals surface area contributed by atoms with Crippen LogP contribution in [0.15, 0.2) is 173 Å². The van der Waals surface area contributed by atoms with E-state index in [0.717, 1.165) is 27.8 Å². The number of β-lactam (4-membered cyclic amide) rings is 1. The number of amides is 2. The fraction of sp³-hybridized carbons (Fsp3) is 0.245. The zero-order chi connectivity index (χ0) is 48.1. The molecule has 15 heteroatoms. The Morgan fingerprint density at radius 3 is 1.76 bits per heavy atom. The first kappa shape index (κ1) is 47.7. The molecule has 2 aliphatic rings. The Kier molecular flexibility index (Phi) is 14.2. The summed E-state index contributed by atoms with van der Waals surface area (Å²) in [6.45, 7) is 8.16. The molecule has 1 unspecified atom stereocenters. The van der Waals surface area contributed by atoms with Gasteiger partial charge in [0.05, 0.1) is 0 Å². The summed E-state index contributed by atoms with van der Waals surface area (Å²) in [6.07, 6.45) is -0.770. The van der Waals surface area contributed by atoms with E-state index in [4.69, 9.17) is 30.9 Å². The number of nitrogens with zero attached hydrogens (tertiary/aromatic N) is 3. The maximum absolute atomic E-state index is 14.6. The number of oxime groups is 1. The standard InChI is InChI=1S/C53H50ClN5O7S2/c1-51(2,3)65-49(63)52(4,5)66-58-41(40-33-68-50(55-40)57-53(37-25-15-8-16-26-37,38-27-17-9-18-28-38)39-29-19-10-20-30-39)45(60)56-42-46(61)59-43(36(31-54)32-67-47(42)59)48(62)64-44(34-21-11-6-12-22-34)35-23-13-7-14-24-35/h6-30,33,42,44,47H,31-32H2,1-5H3,(H,55,57)(H,56,60)/b58-41-/t42?,47-/m1/s1. The molecule has 0 bridgehead atoms. The number of esters is 2. The summed E-state index contributed by atoms with van der Waals surface area (Å²) in [5.41, 5.74) is 1.27. The molecule has 348 valence electrons. The number of thiazole rings is 1. The van der Waals surface area contributed by atoms with Crippen LogP contribution in [0.2, 0.25) is 0 Å². The van der Waals surface area contributed by atoms with E-state index in [1.54, 1.807) is 26.2 Å². The third kappa shape index (κ3) is 10.1. The van der Waals surface area contributed by atoms with Crippen LogP contribution in [-0.4, -0.2) is 73.6 Å². The Morgan fingerprint density at radius 2 is 1.28 bits per heavy atom. The van der Waals surface area contributed by atoms with Gasteiger partial charge in [-0.2, -0.15) is 0 Å². The Balaban J connectivity index is 1.10. The first-order chi connectivity index (χ1) is 32.7. The normalized spacial score (nSPS) is 16.4. The SMILES string of the molecule is CC(C)(C)OC(=O)C(C)(C)O/N=C(\C(=O)NC1C(=O)N2C(C(=O)OC(c3ccccc3)c3ccccc3)=C(CCl)CS[C@H]12)c1csc(NC(c2ccccc2)(c2ccccc2)c2ccccc2)n1. The van der Waals surface area contributed by atoms with Crippen molar-refractivity contribution in [3.05, 3.63) is 202 Å². The van der Waals surface area contributed by atoms with Crippen molar-refractivity contribution >= 4 is 69.3 Å². The van der Waals surface area contributed by atoms with E-state index >= 15 is 0 Å². The van der Waals surface area contributed by atoms with Gasteiger partial charge in [0.15, 0.2) is 16.9 Å². The molecule has 2 N–H and O–H groups in total. The zero-order valence-electron chi connectivity index (χ0n) is 38.1. The fourth-order valence-electron chi connectivity index (χ4n) is 7.92. The number of halogens is 1. The van der Waals surface area contributed by atoms with Gasteiger partial charge in [-0.05, 0) is 68.0 Å². The highest BCUT2D eigenvalue weighted by Crippen LogP contribution is 2.43. The van der Waals surface area contributed by atoms with Gasteiger partial charge in [0.2, 0.25) is 5.60 Å². The van der Waals surface area contributed by atoms with Crippen molar-refractivity contribution in [3.63, 3.8) is 0 Å². The van der Waals surface area contributed by atoms with Gasteiger partial charge in [-0.15, -0.1) is 34.7 Å². The molecule has 8 rings (SSSR count). The maximum atomic E-state index is 14.6. The van der Waals surface area contributed by atoms with Crippen molar-refractivity contribution in [2.75, 3.05) is 16.9 Å². The van der Waals surface area contributed by atoms with Crippen LogP contribution in [0.5, 0.6) is 0 Å². The van der Waals surface area contributed by atoms with Crippen molar-refractivity contribution in [2.45, 2.75) is 68.9 Å². The van der Waals surface area contributed by atoms with Gasteiger partial charge in [0, 0.05) is 17.0 Å². The Hall–Kier alpha value is -6.74. The summed E-state index contributed by atoms with van der Waals surface area (Å²) in [5.74, 6) is -2.49. The van der Waals surface area contributed by atoms with Crippen molar-refractivity contribution in [2.24, 2.45) is 5.16 Å². The fourth-order valence-corrected chi connectivity index (χ4v) is 10.3. The number of thioether (sulfide) groups is 1. The zero-order valence-corrected chi connectivity index (χ0v) is 40.4. The van der Waals surface area contributed by atoms with Gasteiger partial charge >= 0.3 is 11.9 Å². The largest absolute Gasteiger partial charge is 0.457 e. The number of ether oxygens (including phenoxy) is 2. The summed E-state index contributed by atoms with van der Waals surface area (Å²) >= 11 is 9.01. The first-order valence-electron chi connectivity index (χ1n) is 21.9. The van der Waals surface area contributed by atoms with Crippen LogP contribution in [0, 0.1) is 0 Å². The van der Waals surface area contributed by atoms with Gasteiger partial charge in [-0.1, -0.05) is 157 Å². The number of hydrogen-bond acceptors (Lipinski definition) is 12. The second-order valence-electron chi connectivity index (χ2n) is 17.6. The minimum Gasteiger partial charge on any atom is -0.457 e. The van der Waals surface area contributed by atoms with Crippen LogP contribution in [-0.2, 0) is 39.0 Å². The number of aromatic nitrogens is 1. The molecule has 1 fully saturated rings. The Labute approximate surface area is 408 Å². The molecule has 0 aliphatic carbocycles. The summed E-state index contributed by atoms with van der Waals surface area (Å²) in [4.78, 5) is 68.6. The van der Waals surface area contributed by atoms with Gasteiger partial charge in [-0.3, -0.25) is 14.5 Å². The number of carbonyl (C=O) groups excluding carboxylic acids is 4. The predicted molar refractivity (Wildman–Crippen MR) is 266 cm³/mol. The molecule has 6 aromatic rings. The highest BCUT2D eigenvalue weighted by molar-refractivity contribution is 8.00. The van der Waals surface area contributed by atoms with Gasteiger partial charge in [0.25, 0.3) is 11.8 Å². The Morgan fingerprint density at radius 1 is 0.779 bits per heavy atom. The third-order valence-electron chi connectivity index (χ3n) is 11.3. The number of fused-ring (bicyclic) bond motifs is 1. The number of benzene rings is 5. The molecule has 68 heavy (non-hydrogen) atoms. The molecule has 0 spiro atoms. The average Bonchev–Trinajstić information content (AvgIpc) is 3.82. The topological polar surface area (TPSA) is 149 Å². The summed E-state index contributed by atoms with van der Waals surface area (Å²) in [7, 11) is 0. The van der Waals surface area contributed by atoms with Crippen LogP contribution in [0.1, 0.15) is 74.2 Å². The summed E-state index contributed by atoms with van der Waals surface area (Å²) in [5, 5.41) is 12.3. The van der Waals surface area contributed by atoms with Gasteiger partial charge in [0.1, 0.15) is 33.9 Å². The predicted octanol–water partition coefficient (Wildman–Crippen LogP) is 9.61. The summed E-state index contributed by atoms with van der Waals surface area (Å²) < 4.78 is 11.8. The van der Waals surface area contributed by atoms with E-state index in [1.807, 2.05) is 152 Å². The van der Waals surface area contributed by atoms with E-state index < -0.39 is 58.0 Å². The number of alkyl halides is 1. The third-order valence-corrected chi connectivity index (χ3v) is 13.7. The van der Waals surface area contributed by atoms with Gasteiger partial charge in [-0.25, -0.2) is 14.6 Å². The smallest absolute Gasteiger partial charge is 0.356 e. The number of anilines is 1. The van der Waals surface area contributed by atoms with E-state index in [9.17, 15) is 19.2 Å². The molecule has 2 aliphatic heterocycles. The molecule has 5 aromatic carbocycles. The lowest BCUT2D eigenvalue weighted by molar-refractivity contribution is -0.179. The molecule has 1 saturated heterocycles. The van der Waals surface area contributed by atoms with E-state index in [1.165, 1.54) is 41.8 Å². The van der Waals surface area contributed by atoms with Crippen molar-refractivity contribution in [1.29, 1.82) is 0 Å². The second-order valence-corrected chi connectivity index (χ2v) is 19.8. The van der Waals surface area contributed by atoms with Crippen molar-refractivity contribution in [1.82, 2.24) is 15.2 Å². The quantitative estimate of drug-likeness (QED) is 0.0240. The summed E-state index contributed by atoms with van der Waals surface area (Å²) in [6, 6.07) is 47.5. The lowest BCUT2D eigenvalue weighted by Crippen LogP contribution is -2.71. The molecule has 2 amide bonds. The highest BCUT2D eigenvalue weighted by atomic mass is 35.5. The van der Waals surface area contributed by atoms with Crippen LogP contribution in [0.4, 0.5) is 5.13 Å². The number of rotatable bonds is 16. The minimum atomic E-state index is -1.64. The Bertz CT molecular complexity index is 2680. The number of nitrogens with one attached hydrogen (secondary N) is 2. The molecular weight excluding hydrogens is 918 g/mol. The van der Waals surface area contributed by atoms with E-state index in [0.29, 0.717) is 16.5 Å². The van der Waals surface area contributed by atoms with Crippen LogP contribution in [0.3, 0.4) is 0 Å². The number of hydrogen-bond donors (Lipinski definition) is 2. The minimum absolute atomic E-state index is 0.0197. The lowest BCUT2D eigenvalue weighted by atomic mass is 9.77. The van der Waals surface area contributed by atoms with Crippen LogP contribution < -0.4 is 10.6 Å². The monoisotopic (exact) mass is 967 g/mol. The van der Waals surface area contributed by atoms with E-state index in [-0.39, 0.29) is 23.0 Å². The highest BCUT2D eigenvalue weighted by Gasteiger charge is 2.55. The molecule has 0 saturated carbocycles. The van der Waals surface area contributed by atoms with E-state index in [2.05, 4.69) is 15.8 Å².